The zero-order valence-corrected chi connectivity index (χ0v) is 12.0. The molecule has 3 nitrogen and oxygen atoms in total. The Bertz CT molecular complexity index is 341. The summed E-state index contributed by atoms with van der Waals surface area (Å²) in [5.41, 5.74) is 1.76. The minimum absolute atomic E-state index is 0.625. The van der Waals surface area contributed by atoms with Gasteiger partial charge < -0.3 is 15.3 Å². The van der Waals surface area contributed by atoms with Crippen LogP contribution in [0.1, 0.15) is 32.8 Å². The molecular weight excluding hydrogens is 224 g/mol. The topological polar surface area (TPSA) is 35.5 Å². The lowest BCUT2D eigenvalue weighted by molar-refractivity contribution is 0.0886. The fraction of sp³-hybridized carbons (Fsp3) is 0.600. The summed E-state index contributed by atoms with van der Waals surface area (Å²) in [4.78, 5) is 2.07. The van der Waals surface area contributed by atoms with Crippen LogP contribution >= 0.6 is 0 Å². The molecule has 0 atom stereocenters. The molecule has 3 heteroatoms. The molecule has 102 valence electrons. The van der Waals surface area contributed by atoms with Crippen LogP contribution in [0, 0.1) is 0 Å². The quantitative estimate of drug-likeness (QED) is 0.729. The molecule has 1 rings (SSSR count). The van der Waals surface area contributed by atoms with Gasteiger partial charge in [0.2, 0.25) is 0 Å². The third-order valence-electron chi connectivity index (χ3n) is 2.76. The Labute approximate surface area is 111 Å². The first-order valence-electron chi connectivity index (χ1n) is 6.65. The Morgan fingerprint density at radius 3 is 2.33 bits per heavy atom. The molecule has 1 aromatic carbocycles. The van der Waals surface area contributed by atoms with E-state index in [9.17, 15) is 5.11 Å². The molecule has 0 saturated heterocycles. The van der Waals surface area contributed by atoms with E-state index in [0.717, 1.165) is 25.2 Å². The molecule has 0 radical (unpaired) electrons. The van der Waals surface area contributed by atoms with Gasteiger partial charge in [0.25, 0.3) is 0 Å². The molecular formula is C15H26N2O. The molecule has 0 aliphatic rings. The lowest BCUT2D eigenvalue weighted by Crippen LogP contribution is -2.36. The highest BCUT2D eigenvalue weighted by atomic mass is 16.3. The van der Waals surface area contributed by atoms with Gasteiger partial charge in [0, 0.05) is 25.8 Å². The van der Waals surface area contributed by atoms with Crippen molar-refractivity contribution in [2.75, 3.05) is 25.0 Å². The molecule has 0 amide bonds. The van der Waals surface area contributed by atoms with Crippen molar-refractivity contribution in [3.8, 4) is 0 Å². The minimum atomic E-state index is -0.671. The largest absolute Gasteiger partial charge is 0.389 e. The van der Waals surface area contributed by atoms with Gasteiger partial charge in [-0.25, -0.2) is 0 Å². The predicted molar refractivity (Wildman–Crippen MR) is 78.0 cm³/mol. The monoisotopic (exact) mass is 250 g/mol. The summed E-state index contributed by atoms with van der Waals surface area (Å²) in [5.74, 6) is 0. The van der Waals surface area contributed by atoms with Crippen LogP contribution in [0.25, 0.3) is 0 Å². The normalized spacial score (nSPS) is 11.6. The summed E-state index contributed by atoms with van der Waals surface area (Å²) in [6, 6.07) is 8.49. The van der Waals surface area contributed by atoms with Gasteiger partial charge in [-0.2, -0.15) is 0 Å². The van der Waals surface area contributed by atoms with Crippen molar-refractivity contribution in [3.63, 3.8) is 0 Å². The predicted octanol–water partition coefficient (Wildman–Crippen LogP) is 2.39. The van der Waals surface area contributed by atoms with Gasteiger partial charge in [-0.05, 0) is 44.5 Å². The minimum Gasteiger partial charge on any atom is -0.389 e. The SMILES string of the molecule is CCCNCc1ccc(N(C)CC(C)(C)O)cc1. The smallest absolute Gasteiger partial charge is 0.0765 e. The van der Waals surface area contributed by atoms with E-state index >= 15 is 0 Å². The van der Waals surface area contributed by atoms with Crippen LogP contribution in [-0.4, -0.2) is 30.8 Å². The van der Waals surface area contributed by atoms with Gasteiger partial charge in [-0.3, -0.25) is 0 Å². The summed E-state index contributed by atoms with van der Waals surface area (Å²) >= 11 is 0. The van der Waals surface area contributed by atoms with Gasteiger partial charge >= 0.3 is 0 Å². The average Bonchev–Trinajstić information content (AvgIpc) is 2.28. The van der Waals surface area contributed by atoms with Gasteiger partial charge in [-0.1, -0.05) is 19.1 Å². The van der Waals surface area contributed by atoms with E-state index in [0.29, 0.717) is 6.54 Å². The van der Waals surface area contributed by atoms with Crippen LogP contribution in [0.3, 0.4) is 0 Å². The molecule has 0 saturated carbocycles. The Morgan fingerprint density at radius 1 is 1.22 bits per heavy atom. The third kappa shape index (κ3) is 5.52. The van der Waals surface area contributed by atoms with E-state index in [1.54, 1.807) is 0 Å². The molecule has 0 bridgehead atoms. The number of rotatable bonds is 7. The molecule has 0 aliphatic heterocycles. The Kier molecular flexibility index (Phi) is 5.63. The van der Waals surface area contributed by atoms with Crippen molar-refractivity contribution in [1.82, 2.24) is 5.32 Å². The Hall–Kier alpha value is -1.06. The van der Waals surface area contributed by atoms with Crippen LogP contribution in [-0.2, 0) is 6.54 Å². The molecule has 0 aliphatic carbocycles. The van der Waals surface area contributed by atoms with Crippen molar-refractivity contribution in [2.45, 2.75) is 39.3 Å². The second-order valence-corrected chi connectivity index (χ2v) is 5.51. The Balaban J connectivity index is 2.54. The summed E-state index contributed by atoms with van der Waals surface area (Å²) in [6.07, 6.45) is 1.16. The van der Waals surface area contributed by atoms with E-state index in [-0.39, 0.29) is 0 Å². The maximum absolute atomic E-state index is 9.80. The number of anilines is 1. The van der Waals surface area contributed by atoms with Gasteiger partial charge in [-0.15, -0.1) is 0 Å². The van der Waals surface area contributed by atoms with Crippen molar-refractivity contribution in [1.29, 1.82) is 0 Å². The highest BCUT2D eigenvalue weighted by Gasteiger charge is 2.15. The summed E-state index contributed by atoms with van der Waals surface area (Å²) in [5, 5.41) is 13.2. The summed E-state index contributed by atoms with van der Waals surface area (Å²) < 4.78 is 0. The zero-order valence-electron chi connectivity index (χ0n) is 12.0. The van der Waals surface area contributed by atoms with Crippen LogP contribution in [0.4, 0.5) is 5.69 Å². The van der Waals surface area contributed by atoms with E-state index in [1.807, 2.05) is 20.9 Å². The number of nitrogens with zero attached hydrogens (tertiary/aromatic N) is 1. The number of benzene rings is 1. The first kappa shape index (κ1) is 15.0. The van der Waals surface area contributed by atoms with Crippen LogP contribution in [0.2, 0.25) is 0 Å². The van der Waals surface area contributed by atoms with Crippen LogP contribution < -0.4 is 10.2 Å². The molecule has 18 heavy (non-hydrogen) atoms. The molecule has 0 fully saturated rings. The van der Waals surface area contributed by atoms with Gasteiger partial charge in [0.15, 0.2) is 0 Å². The zero-order chi connectivity index (χ0) is 13.6. The molecule has 0 unspecified atom stereocenters. The van der Waals surface area contributed by atoms with Crippen molar-refractivity contribution < 1.29 is 5.11 Å². The fourth-order valence-corrected chi connectivity index (χ4v) is 1.95. The highest BCUT2D eigenvalue weighted by molar-refractivity contribution is 5.47. The first-order chi connectivity index (χ1) is 8.42. The lowest BCUT2D eigenvalue weighted by Gasteiger charge is -2.27. The summed E-state index contributed by atoms with van der Waals surface area (Å²) in [7, 11) is 2.00. The third-order valence-corrected chi connectivity index (χ3v) is 2.76. The number of nitrogens with one attached hydrogen (secondary N) is 1. The van der Waals surface area contributed by atoms with Crippen molar-refractivity contribution in [2.24, 2.45) is 0 Å². The van der Waals surface area contributed by atoms with Crippen molar-refractivity contribution >= 4 is 5.69 Å². The van der Waals surface area contributed by atoms with Gasteiger partial charge in [0.05, 0.1) is 5.60 Å². The molecule has 1 aromatic rings. The number of hydrogen-bond acceptors (Lipinski definition) is 3. The standard InChI is InChI=1S/C15H26N2O/c1-5-10-16-11-13-6-8-14(9-7-13)17(4)12-15(2,3)18/h6-9,16,18H,5,10-12H2,1-4H3. The lowest BCUT2D eigenvalue weighted by atomic mass is 10.1. The van der Waals surface area contributed by atoms with E-state index in [2.05, 4.69) is 41.4 Å². The van der Waals surface area contributed by atoms with Crippen LogP contribution in [0.5, 0.6) is 0 Å². The second-order valence-electron chi connectivity index (χ2n) is 5.51. The number of likely N-dealkylation sites (N-methyl/N-ethyl adjacent to an activating group) is 1. The highest BCUT2D eigenvalue weighted by Crippen LogP contribution is 2.16. The van der Waals surface area contributed by atoms with E-state index in [4.69, 9.17) is 0 Å². The second kappa shape index (κ2) is 6.76. The summed E-state index contributed by atoms with van der Waals surface area (Å²) in [6.45, 7) is 8.42. The fourth-order valence-electron chi connectivity index (χ4n) is 1.95. The van der Waals surface area contributed by atoms with Gasteiger partial charge in [0.1, 0.15) is 0 Å². The molecule has 2 N–H and O–H groups in total. The van der Waals surface area contributed by atoms with Crippen molar-refractivity contribution in [3.05, 3.63) is 29.8 Å². The molecule has 0 spiro atoms. The maximum Gasteiger partial charge on any atom is 0.0765 e. The van der Waals surface area contributed by atoms with E-state index in [1.165, 1.54) is 5.56 Å². The first-order valence-corrected chi connectivity index (χ1v) is 6.65. The molecule has 0 heterocycles. The maximum atomic E-state index is 9.80. The number of hydrogen-bond donors (Lipinski definition) is 2. The molecule has 0 aromatic heterocycles. The number of aliphatic hydroxyl groups is 1. The van der Waals surface area contributed by atoms with E-state index < -0.39 is 5.60 Å². The Morgan fingerprint density at radius 2 is 1.83 bits per heavy atom. The van der Waals surface area contributed by atoms with Crippen LogP contribution in [0.15, 0.2) is 24.3 Å². The average molecular weight is 250 g/mol.